The van der Waals surface area contributed by atoms with Gasteiger partial charge >= 0.3 is 0 Å². The normalized spacial score (nSPS) is 10.9. The highest BCUT2D eigenvalue weighted by Gasteiger charge is 2.14. The number of halogens is 1. The van der Waals surface area contributed by atoms with Gasteiger partial charge in [-0.25, -0.2) is 12.8 Å². The zero-order valence-corrected chi connectivity index (χ0v) is 14.1. The van der Waals surface area contributed by atoms with E-state index in [1.54, 1.807) is 18.2 Å². The number of nitrogens with one attached hydrogen (secondary N) is 2. The van der Waals surface area contributed by atoms with Gasteiger partial charge in [0.15, 0.2) is 0 Å². The lowest BCUT2D eigenvalue weighted by Gasteiger charge is -2.08. The van der Waals surface area contributed by atoms with E-state index in [2.05, 4.69) is 16.0 Å². The molecule has 0 aliphatic carbocycles. The maximum atomic E-state index is 13.5. The van der Waals surface area contributed by atoms with Gasteiger partial charge < -0.3 is 5.32 Å². The van der Waals surface area contributed by atoms with Crippen molar-refractivity contribution < 1.29 is 17.6 Å². The van der Waals surface area contributed by atoms with Crippen LogP contribution in [0.4, 0.5) is 4.39 Å². The summed E-state index contributed by atoms with van der Waals surface area (Å²) in [5.41, 5.74) is 0.827. The van der Waals surface area contributed by atoms with Crippen molar-refractivity contribution in [3.63, 3.8) is 0 Å². The molecule has 2 aromatic carbocycles. The van der Waals surface area contributed by atoms with Crippen molar-refractivity contribution >= 4 is 15.9 Å². The molecule has 1 amide bonds. The van der Waals surface area contributed by atoms with Crippen LogP contribution in [0.25, 0.3) is 0 Å². The summed E-state index contributed by atoms with van der Waals surface area (Å²) in [5.74, 6) is 1.50. The van der Waals surface area contributed by atoms with Crippen molar-refractivity contribution in [2.45, 2.75) is 11.3 Å². The van der Waals surface area contributed by atoms with E-state index in [-0.39, 0.29) is 29.7 Å². The van der Waals surface area contributed by atoms with E-state index in [4.69, 9.17) is 6.42 Å². The van der Waals surface area contributed by atoms with Crippen LogP contribution in [0.5, 0.6) is 0 Å². The molecule has 0 atom stereocenters. The first kappa shape index (κ1) is 18.6. The molecule has 0 saturated carbocycles. The van der Waals surface area contributed by atoms with Crippen LogP contribution in [0.2, 0.25) is 0 Å². The summed E-state index contributed by atoms with van der Waals surface area (Å²) >= 11 is 0. The Morgan fingerprint density at radius 2 is 1.80 bits per heavy atom. The van der Waals surface area contributed by atoms with Crippen molar-refractivity contribution in [1.82, 2.24) is 10.0 Å². The Balaban J connectivity index is 1.94. The summed E-state index contributed by atoms with van der Waals surface area (Å²) in [6.45, 7) is 0.157. The molecule has 2 N–H and O–H groups in total. The van der Waals surface area contributed by atoms with Crippen LogP contribution in [0.15, 0.2) is 53.4 Å². The van der Waals surface area contributed by atoms with Gasteiger partial charge in [0, 0.05) is 12.1 Å². The number of rotatable bonds is 7. The molecular weight excluding hydrogens is 343 g/mol. The fourth-order valence-electron chi connectivity index (χ4n) is 2.12. The predicted molar refractivity (Wildman–Crippen MR) is 92.9 cm³/mol. The lowest BCUT2D eigenvalue weighted by atomic mass is 10.1. The number of benzene rings is 2. The molecule has 0 aliphatic heterocycles. The van der Waals surface area contributed by atoms with Crippen LogP contribution in [-0.4, -0.2) is 27.4 Å². The molecular formula is C18H17FN2O3S. The summed E-state index contributed by atoms with van der Waals surface area (Å²) in [6, 6.07) is 11.8. The molecule has 0 saturated heterocycles. The first-order valence-corrected chi connectivity index (χ1v) is 8.97. The van der Waals surface area contributed by atoms with Gasteiger partial charge in [-0.2, -0.15) is 4.72 Å². The first-order chi connectivity index (χ1) is 11.9. The third-order valence-corrected chi connectivity index (χ3v) is 4.85. The summed E-state index contributed by atoms with van der Waals surface area (Å²) in [7, 11) is -3.69. The lowest BCUT2D eigenvalue weighted by Crippen LogP contribution is -2.26. The van der Waals surface area contributed by atoms with Crippen LogP contribution in [-0.2, 0) is 16.4 Å². The molecule has 2 aromatic rings. The molecule has 25 heavy (non-hydrogen) atoms. The molecule has 7 heteroatoms. The highest BCUT2D eigenvalue weighted by atomic mass is 32.2. The van der Waals surface area contributed by atoms with Crippen molar-refractivity contribution in [2.75, 3.05) is 13.1 Å². The second-order valence-electron chi connectivity index (χ2n) is 5.15. The summed E-state index contributed by atoms with van der Waals surface area (Å²) in [6.07, 6.45) is 5.38. The molecule has 0 radical (unpaired) electrons. The standard InChI is InChI=1S/C18H17FN2O3S/c1-2-12-21-25(23,24)16-9-7-15(8-10-16)18(22)20-13-11-14-5-3-4-6-17(14)19/h1,3-10,21H,11-13H2,(H,20,22). The highest BCUT2D eigenvalue weighted by Crippen LogP contribution is 2.11. The largest absolute Gasteiger partial charge is 0.352 e. The van der Waals surface area contributed by atoms with Crippen molar-refractivity contribution in [1.29, 1.82) is 0 Å². The quantitative estimate of drug-likeness (QED) is 0.738. The van der Waals surface area contributed by atoms with Crippen molar-refractivity contribution in [2.24, 2.45) is 0 Å². The number of carbonyl (C=O) groups excluding carboxylic acids is 1. The highest BCUT2D eigenvalue weighted by molar-refractivity contribution is 7.89. The van der Waals surface area contributed by atoms with Gasteiger partial charge in [0.1, 0.15) is 5.82 Å². The zero-order valence-electron chi connectivity index (χ0n) is 13.3. The predicted octanol–water partition coefficient (Wildman–Crippen LogP) is 1.71. The fraction of sp³-hybridized carbons (Fsp3) is 0.167. The minimum Gasteiger partial charge on any atom is -0.352 e. The smallest absolute Gasteiger partial charge is 0.251 e. The Morgan fingerprint density at radius 3 is 2.44 bits per heavy atom. The summed E-state index contributed by atoms with van der Waals surface area (Å²) in [4.78, 5) is 12.1. The van der Waals surface area contributed by atoms with Gasteiger partial charge in [-0.1, -0.05) is 24.1 Å². The molecule has 5 nitrogen and oxygen atoms in total. The Bertz CT molecular complexity index is 887. The van der Waals surface area contributed by atoms with Gasteiger partial charge in [-0.15, -0.1) is 6.42 Å². The van der Waals surface area contributed by atoms with Crippen LogP contribution in [0.3, 0.4) is 0 Å². The minimum atomic E-state index is -3.69. The number of amides is 1. The van der Waals surface area contributed by atoms with Gasteiger partial charge in [-0.05, 0) is 42.3 Å². The summed E-state index contributed by atoms with van der Waals surface area (Å²) in [5, 5.41) is 2.67. The molecule has 130 valence electrons. The van der Waals surface area contributed by atoms with Crippen LogP contribution >= 0.6 is 0 Å². The molecule has 0 heterocycles. The van der Waals surface area contributed by atoms with Crippen molar-refractivity contribution in [3.05, 3.63) is 65.5 Å². The Kier molecular flexibility index (Phi) is 6.28. The first-order valence-electron chi connectivity index (χ1n) is 7.49. The van der Waals surface area contributed by atoms with Gasteiger partial charge in [0.2, 0.25) is 10.0 Å². The van der Waals surface area contributed by atoms with Crippen LogP contribution in [0.1, 0.15) is 15.9 Å². The second kappa shape index (κ2) is 8.42. The van der Waals surface area contributed by atoms with E-state index in [1.165, 1.54) is 30.3 Å². The number of terminal acetylenes is 1. The molecule has 0 spiro atoms. The SMILES string of the molecule is C#CCNS(=O)(=O)c1ccc(C(=O)NCCc2ccccc2F)cc1. The molecule has 0 fully saturated rings. The average Bonchev–Trinajstić information content (AvgIpc) is 2.61. The second-order valence-corrected chi connectivity index (χ2v) is 6.92. The zero-order chi connectivity index (χ0) is 18.3. The lowest BCUT2D eigenvalue weighted by molar-refractivity contribution is 0.0954. The number of hydrogen-bond donors (Lipinski definition) is 2. The molecule has 0 unspecified atom stereocenters. The van der Waals surface area contributed by atoms with E-state index in [0.29, 0.717) is 17.5 Å². The Hall–Kier alpha value is -2.69. The maximum Gasteiger partial charge on any atom is 0.251 e. The Labute approximate surface area is 146 Å². The van der Waals surface area contributed by atoms with Crippen LogP contribution in [0, 0.1) is 18.2 Å². The fourth-order valence-corrected chi connectivity index (χ4v) is 3.05. The van der Waals surface area contributed by atoms with E-state index < -0.39 is 10.0 Å². The molecule has 0 bridgehead atoms. The van der Waals surface area contributed by atoms with E-state index >= 15 is 0 Å². The molecule has 2 rings (SSSR count). The Morgan fingerprint density at radius 1 is 1.12 bits per heavy atom. The molecule has 0 aliphatic rings. The minimum absolute atomic E-state index is 0.0191. The number of carbonyl (C=O) groups is 1. The van der Waals surface area contributed by atoms with E-state index in [1.807, 2.05) is 0 Å². The van der Waals surface area contributed by atoms with E-state index in [9.17, 15) is 17.6 Å². The van der Waals surface area contributed by atoms with Crippen molar-refractivity contribution in [3.8, 4) is 12.3 Å². The van der Waals surface area contributed by atoms with Gasteiger partial charge in [0.25, 0.3) is 5.91 Å². The third kappa shape index (κ3) is 5.14. The third-order valence-electron chi connectivity index (χ3n) is 3.43. The maximum absolute atomic E-state index is 13.5. The van der Waals surface area contributed by atoms with Gasteiger partial charge in [-0.3, -0.25) is 4.79 Å². The average molecular weight is 360 g/mol. The topological polar surface area (TPSA) is 75.3 Å². The van der Waals surface area contributed by atoms with E-state index in [0.717, 1.165) is 0 Å². The van der Waals surface area contributed by atoms with Crippen LogP contribution < -0.4 is 10.0 Å². The molecule has 0 aromatic heterocycles. The summed E-state index contributed by atoms with van der Waals surface area (Å²) < 4.78 is 39.5. The monoisotopic (exact) mass is 360 g/mol. The number of sulfonamides is 1. The number of hydrogen-bond acceptors (Lipinski definition) is 3. The van der Waals surface area contributed by atoms with Gasteiger partial charge in [0.05, 0.1) is 11.4 Å².